The van der Waals surface area contributed by atoms with E-state index in [-0.39, 0.29) is 5.91 Å². The topological polar surface area (TPSA) is 44.9 Å². The van der Waals surface area contributed by atoms with Gasteiger partial charge in [-0.15, -0.1) is 0 Å². The molecule has 3 rings (SSSR count). The van der Waals surface area contributed by atoms with Crippen LogP contribution in [0.4, 0.5) is 5.69 Å². The van der Waals surface area contributed by atoms with Gasteiger partial charge in [0.25, 0.3) is 5.91 Å². The van der Waals surface area contributed by atoms with Gasteiger partial charge in [-0.2, -0.15) is 0 Å². The number of aromatic amines is 1. The van der Waals surface area contributed by atoms with Crippen LogP contribution in [0, 0.1) is 0 Å². The number of aromatic nitrogens is 1. The Bertz CT molecular complexity index is 614. The fourth-order valence-electron chi connectivity index (χ4n) is 1.93. The van der Waals surface area contributed by atoms with Crippen LogP contribution in [0.3, 0.4) is 0 Å². The van der Waals surface area contributed by atoms with E-state index in [9.17, 15) is 4.79 Å². The van der Waals surface area contributed by atoms with Crippen molar-refractivity contribution < 1.29 is 4.79 Å². The summed E-state index contributed by atoms with van der Waals surface area (Å²) in [7, 11) is 0. The maximum atomic E-state index is 11.9. The van der Waals surface area contributed by atoms with Gasteiger partial charge in [0.05, 0.1) is 11.3 Å². The van der Waals surface area contributed by atoms with E-state index in [1.807, 2.05) is 42.6 Å². The molecule has 0 saturated carbocycles. The number of benzene rings is 1. The van der Waals surface area contributed by atoms with Gasteiger partial charge in [-0.05, 0) is 30.3 Å². The molecule has 4 heteroatoms. The molecule has 0 spiro atoms. The van der Waals surface area contributed by atoms with Crippen LogP contribution >= 0.6 is 15.9 Å². The van der Waals surface area contributed by atoms with Gasteiger partial charge < -0.3 is 10.3 Å². The summed E-state index contributed by atoms with van der Waals surface area (Å²) in [6.07, 6.45) is 3.69. The Kier molecular flexibility index (Phi) is 2.37. The molecule has 0 fully saturated rings. The van der Waals surface area contributed by atoms with Crippen molar-refractivity contribution in [3.63, 3.8) is 0 Å². The Morgan fingerprint density at radius 2 is 2.06 bits per heavy atom. The highest BCUT2D eigenvalue weighted by Crippen LogP contribution is 2.37. The molecule has 0 saturated heterocycles. The molecule has 1 aliphatic rings. The Hall–Kier alpha value is -1.81. The Morgan fingerprint density at radius 1 is 1.18 bits per heavy atom. The number of nitrogens with one attached hydrogen (secondary N) is 2. The zero-order chi connectivity index (χ0) is 11.8. The lowest BCUT2D eigenvalue weighted by Crippen LogP contribution is -2.03. The first kappa shape index (κ1) is 10.4. The third-order valence-electron chi connectivity index (χ3n) is 2.70. The predicted octanol–water partition coefficient (Wildman–Crippen LogP) is 3.27. The van der Waals surface area contributed by atoms with Crippen molar-refractivity contribution in [1.29, 1.82) is 0 Å². The standard InChI is InChI=1S/C13H9BrN2O/c14-10-4-1-5-11-12(10)9(13(17)16-11)7-8-3-2-6-15-8/h1-7,15H,(H,16,17). The van der Waals surface area contributed by atoms with Crippen LogP contribution in [0.2, 0.25) is 0 Å². The number of carbonyl (C=O) groups excluding carboxylic acids is 1. The van der Waals surface area contributed by atoms with E-state index in [0.29, 0.717) is 5.57 Å². The summed E-state index contributed by atoms with van der Waals surface area (Å²) in [6.45, 7) is 0. The maximum absolute atomic E-state index is 11.9. The number of halogens is 1. The van der Waals surface area contributed by atoms with Crippen molar-refractivity contribution in [2.45, 2.75) is 0 Å². The summed E-state index contributed by atoms with van der Waals surface area (Å²) in [5.74, 6) is -0.0681. The molecule has 2 N–H and O–H groups in total. The van der Waals surface area contributed by atoms with E-state index >= 15 is 0 Å². The van der Waals surface area contributed by atoms with Gasteiger partial charge in [-0.3, -0.25) is 4.79 Å². The molecule has 0 atom stereocenters. The molecule has 2 aromatic rings. The average molecular weight is 289 g/mol. The molecule has 2 heterocycles. The Labute approximate surface area is 107 Å². The van der Waals surface area contributed by atoms with Gasteiger partial charge >= 0.3 is 0 Å². The molecule has 0 unspecified atom stereocenters. The van der Waals surface area contributed by atoms with Crippen molar-refractivity contribution in [1.82, 2.24) is 4.98 Å². The minimum atomic E-state index is -0.0681. The number of hydrogen-bond donors (Lipinski definition) is 2. The number of rotatable bonds is 1. The fourth-order valence-corrected chi connectivity index (χ4v) is 2.51. The highest BCUT2D eigenvalue weighted by Gasteiger charge is 2.25. The normalized spacial score (nSPS) is 16.1. The Morgan fingerprint density at radius 3 is 2.82 bits per heavy atom. The molecular formula is C13H9BrN2O. The number of anilines is 1. The third kappa shape index (κ3) is 1.70. The van der Waals surface area contributed by atoms with Crippen molar-refractivity contribution in [3.05, 3.63) is 52.3 Å². The van der Waals surface area contributed by atoms with E-state index in [1.54, 1.807) is 0 Å². The number of carbonyl (C=O) groups is 1. The summed E-state index contributed by atoms with van der Waals surface area (Å²) in [6, 6.07) is 9.56. The molecule has 1 aliphatic heterocycles. The van der Waals surface area contributed by atoms with Gasteiger partial charge in [-0.25, -0.2) is 0 Å². The Balaban J connectivity index is 2.17. The highest BCUT2D eigenvalue weighted by atomic mass is 79.9. The van der Waals surface area contributed by atoms with Crippen molar-refractivity contribution in [2.75, 3.05) is 5.32 Å². The van der Waals surface area contributed by atoms with E-state index in [2.05, 4.69) is 26.2 Å². The maximum Gasteiger partial charge on any atom is 0.256 e. The van der Waals surface area contributed by atoms with Crippen LogP contribution in [0.15, 0.2) is 41.0 Å². The molecule has 84 valence electrons. The molecule has 1 amide bonds. The fraction of sp³-hybridized carbons (Fsp3) is 0. The quantitative estimate of drug-likeness (QED) is 0.777. The van der Waals surface area contributed by atoms with Crippen LogP contribution in [0.25, 0.3) is 11.6 Å². The third-order valence-corrected chi connectivity index (χ3v) is 3.36. The van der Waals surface area contributed by atoms with Gasteiger partial charge in [0.15, 0.2) is 0 Å². The smallest absolute Gasteiger partial charge is 0.256 e. The second kappa shape index (κ2) is 3.89. The second-order valence-electron chi connectivity index (χ2n) is 3.80. The van der Waals surface area contributed by atoms with Gasteiger partial charge in [-0.1, -0.05) is 22.0 Å². The molecule has 3 nitrogen and oxygen atoms in total. The summed E-state index contributed by atoms with van der Waals surface area (Å²) in [5.41, 5.74) is 3.36. The molecule has 0 bridgehead atoms. The minimum absolute atomic E-state index is 0.0681. The number of fused-ring (bicyclic) bond motifs is 1. The second-order valence-corrected chi connectivity index (χ2v) is 4.65. The van der Waals surface area contributed by atoms with Gasteiger partial charge in [0.1, 0.15) is 0 Å². The van der Waals surface area contributed by atoms with Crippen molar-refractivity contribution in [2.24, 2.45) is 0 Å². The zero-order valence-corrected chi connectivity index (χ0v) is 10.4. The first-order valence-corrected chi connectivity index (χ1v) is 6.00. The summed E-state index contributed by atoms with van der Waals surface area (Å²) < 4.78 is 0.922. The highest BCUT2D eigenvalue weighted by molar-refractivity contribution is 9.10. The van der Waals surface area contributed by atoms with Gasteiger partial charge in [0, 0.05) is 21.9 Å². The van der Waals surface area contributed by atoms with E-state index < -0.39 is 0 Å². The number of H-pyrrole nitrogens is 1. The predicted molar refractivity (Wildman–Crippen MR) is 71.4 cm³/mol. The van der Waals surface area contributed by atoms with Crippen LogP contribution in [-0.4, -0.2) is 10.9 Å². The van der Waals surface area contributed by atoms with Crippen LogP contribution in [-0.2, 0) is 4.79 Å². The summed E-state index contributed by atoms with van der Waals surface area (Å²) in [4.78, 5) is 15.0. The summed E-state index contributed by atoms with van der Waals surface area (Å²) in [5, 5.41) is 2.85. The van der Waals surface area contributed by atoms with Crippen LogP contribution in [0.1, 0.15) is 11.3 Å². The van der Waals surface area contributed by atoms with Crippen molar-refractivity contribution >= 4 is 39.2 Å². The van der Waals surface area contributed by atoms with Crippen molar-refractivity contribution in [3.8, 4) is 0 Å². The molecule has 17 heavy (non-hydrogen) atoms. The summed E-state index contributed by atoms with van der Waals surface area (Å²) >= 11 is 3.48. The largest absolute Gasteiger partial charge is 0.362 e. The van der Waals surface area contributed by atoms with Crippen LogP contribution < -0.4 is 5.32 Å². The van der Waals surface area contributed by atoms with E-state index in [4.69, 9.17) is 0 Å². The SMILES string of the molecule is O=C1Nc2cccc(Br)c2C1=Cc1ccc[nH]1. The van der Waals surface area contributed by atoms with Gasteiger partial charge in [0.2, 0.25) is 0 Å². The lowest BCUT2D eigenvalue weighted by atomic mass is 10.1. The van der Waals surface area contributed by atoms with Crippen LogP contribution in [0.5, 0.6) is 0 Å². The minimum Gasteiger partial charge on any atom is -0.362 e. The molecule has 1 aromatic heterocycles. The van der Waals surface area contributed by atoms with E-state index in [0.717, 1.165) is 21.4 Å². The zero-order valence-electron chi connectivity index (χ0n) is 8.83. The molecular weight excluding hydrogens is 280 g/mol. The number of amides is 1. The average Bonchev–Trinajstić information content (AvgIpc) is 2.89. The lowest BCUT2D eigenvalue weighted by molar-refractivity contribution is -0.110. The molecule has 0 radical (unpaired) electrons. The monoisotopic (exact) mass is 288 g/mol. The lowest BCUT2D eigenvalue weighted by Gasteiger charge is -2.00. The van der Waals surface area contributed by atoms with E-state index in [1.165, 1.54) is 0 Å². The molecule has 0 aliphatic carbocycles. The number of hydrogen-bond acceptors (Lipinski definition) is 1. The first-order chi connectivity index (χ1) is 8.25. The first-order valence-electron chi connectivity index (χ1n) is 5.21. The molecule has 1 aromatic carbocycles.